The summed E-state index contributed by atoms with van der Waals surface area (Å²) in [5.41, 5.74) is 2.21. The average molecular weight is 394 g/mol. The molecule has 1 fully saturated rings. The maximum atomic E-state index is 11.8. The van der Waals surface area contributed by atoms with Crippen LogP contribution in [0.25, 0.3) is 0 Å². The highest BCUT2D eigenvalue weighted by atomic mass is 32.1. The topological polar surface area (TPSA) is 62.6 Å². The van der Waals surface area contributed by atoms with E-state index in [0.717, 1.165) is 27.9 Å². The van der Waals surface area contributed by atoms with Crippen molar-refractivity contribution in [2.24, 2.45) is 0 Å². The molecule has 3 rings (SSSR count). The third-order valence-electron chi connectivity index (χ3n) is 4.14. The molecule has 1 aliphatic rings. The molecule has 0 saturated carbocycles. The van der Waals surface area contributed by atoms with Gasteiger partial charge in [-0.3, -0.25) is 4.90 Å². The van der Waals surface area contributed by atoms with Crippen LogP contribution in [-0.2, 0) is 11.4 Å². The van der Waals surface area contributed by atoms with Crippen molar-refractivity contribution >= 4 is 40.5 Å². The number of aromatic nitrogens is 2. The molecule has 0 aliphatic carbocycles. The van der Waals surface area contributed by atoms with Gasteiger partial charge in [-0.15, -0.1) is 5.10 Å². The molecule has 1 aromatic heterocycles. The Morgan fingerprint density at radius 3 is 2.62 bits per heavy atom. The lowest BCUT2D eigenvalue weighted by Gasteiger charge is -2.33. The quantitative estimate of drug-likeness (QED) is 0.785. The molecule has 1 aliphatic heterocycles. The van der Waals surface area contributed by atoms with Crippen molar-refractivity contribution in [3.05, 3.63) is 33.8 Å². The summed E-state index contributed by atoms with van der Waals surface area (Å²) in [6.45, 7) is 7.78. The zero-order chi connectivity index (χ0) is 18.5. The zero-order valence-corrected chi connectivity index (χ0v) is 16.6. The van der Waals surface area contributed by atoms with Gasteiger partial charge in [-0.1, -0.05) is 29.0 Å². The van der Waals surface area contributed by atoms with Crippen molar-refractivity contribution in [1.82, 2.24) is 19.6 Å². The Kier molecular flexibility index (Phi) is 6.23. The first-order valence-corrected chi connectivity index (χ1v) is 9.83. The summed E-state index contributed by atoms with van der Waals surface area (Å²) in [6.07, 6.45) is -0.234. The van der Waals surface area contributed by atoms with Crippen LogP contribution in [-0.4, -0.2) is 58.5 Å². The van der Waals surface area contributed by atoms with Gasteiger partial charge in [0, 0.05) is 31.9 Å². The Hall–Kier alpha value is -1.97. The Balaban J connectivity index is 1.56. The van der Waals surface area contributed by atoms with Crippen molar-refractivity contribution in [3.8, 4) is 0 Å². The van der Waals surface area contributed by atoms with Crippen LogP contribution < -0.4 is 5.32 Å². The van der Waals surface area contributed by atoms with E-state index in [9.17, 15) is 4.79 Å². The second kappa shape index (κ2) is 8.61. The molecule has 26 heavy (non-hydrogen) atoms. The summed E-state index contributed by atoms with van der Waals surface area (Å²) in [4.78, 5) is 15.7. The molecule has 9 heteroatoms. The highest BCUT2D eigenvalue weighted by Crippen LogP contribution is 2.21. The Morgan fingerprint density at radius 1 is 1.27 bits per heavy atom. The van der Waals surface area contributed by atoms with Crippen molar-refractivity contribution in [3.63, 3.8) is 0 Å². The summed E-state index contributed by atoms with van der Waals surface area (Å²) < 4.78 is 7.61. The molecule has 140 valence electrons. The van der Waals surface area contributed by atoms with E-state index < -0.39 is 0 Å². The van der Waals surface area contributed by atoms with Crippen LogP contribution in [0.3, 0.4) is 0 Å². The fourth-order valence-corrected chi connectivity index (χ4v) is 3.70. The number of benzene rings is 1. The SMILES string of the molecule is CCOC(=O)N1CCN(Cn2nc(Nc3ccc(C)cc3)sc2=S)CC1. The minimum Gasteiger partial charge on any atom is -0.450 e. The number of nitrogens with zero attached hydrogens (tertiary/aromatic N) is 4. The van der Waals surface area contributed by atoms with Gasteiger partial charge in [0.2, 0.25) is 5.13 Å². The van der Waals surface area contributed by atoms with Crippen LogP contribution in [0.5, 0.6) is 0 Å². The van der Waals surface area contributed by atoms with Crippen molar-refractivity contribution in [1.29, 1.82) is 0 Å². The molecule has 2 heterocycles. The van der Waals surface area contributed by atoms with Crippen LogP contribution in [0.1, 0.15) is 12.5 Å². The molecular formula is C17H23N5O2S2. The van der Waals surface area contributed by atoms with Gasteiger partial charge < -0.3 is 15.0 Å². The molecule has 2 aromatic rings. The fourth-order valence-electron chi connectivity index (χ4n) is 2.68. The monoisotopic (exact) mass is 393 g/mol. The Morgan fingerprint density at radius 2 is 1.96 bits per heavy atom. The number of carbonyl (C=O) groups excluding carboxylic acids is 1. The maximum Gasteiger partial charge on any atom is 0.409 e. The van der Waals surface area contributed by atoms with Crippen molar-refractivity contribution in [2.45, 2.75) is 20.5 Å². The first-order valence-electron chi connectivity index (χ1n) is 8.61. The number of amides is 1. The van der Waals surface area contributed by atoms with E-state index in [0.29, 0.717) is 26.4 Å². The number of hydrogen-bond acceptors (Lipinski definition) is 7. The minimum absolute atomic E-state index is 0.234. The van der Waals surface area contributed by atoms with Crippen LogP contribution in [0.2, 0.25) is 0 Å². The molecule has 0 radical (unpaired) electrons. The highest BCUT2D eigenvalue weighted by Gasteiger charge is 2.22. The van der Waals surface area contributed by atoms with Crippen LogP contribution in [0.15, 0.2) is 24.3 Å². The summed E-state index contributed by atoms with van der Waals surface area (Å²) >= 11 is 6.90. The number of piperazine rings is 1. The molecule has 0 atom stereocenters. The number of ether oxygens (including phenoxy) is 1. The van der Waals surface area contributed by atoms with Gasteiger partial charge in [0.15, 0.2) is 3.95 Å². The zero-order valence-electron chi connectivity index (χ0n) is 15.0. The van der Waals surface area contributed by atoms with Gasteiger partial charge in [-0.25, -0.2) is 9.48 Å². The van der Waals surface area contributed by atoms with E-state index in [-0.39, 0.29) is 6.09 Å². The smallest absolute Gasteiger partial charge is 0.409 e. The predicted octanol–water partition coefficient (Wildman–Crippen LogP) is 3.46. The van der Waals surface area contributed by atoms with Crippen LogP contribution >= 0.6 is 23.6 Å². The number of aryl methyl sites for hydroxylation is 1. The average Bonchev–Trinajstić information content (AvgIpc) is 2.97. The second-order valence-corrected chi connectivity index (χ2v) is 7.73. The number of nitrogens with one attached hydrogen (secondary N) is 1. The van der Waals surface area contributed by atoms with Gasteiger partial charge in [-0.05, 0) is 38.2 Å². The normalized spacial score (nSPS) is 15.1. The number of anilines is 2. The van der Waals surface area contributed by atoms with Gasteiger partial charge in [0.05, 0.1) is 13.3 Å². The molecule has 1 amide bonds. The maximum absolute atomic E-state index is 11.8. The van der Waals surface area contributed by atoms with Gasteiger partial charge in [0.25, 0.3) is 0 Å². The number of rotatable bonds is 5. The molecule has 1 N–H and O–H groups in total. The van der Waals surface area contributed by atoms with Gasteiger partial charge in [-0.2, -0.15) is 0 Å². The molecule has 0 bridgehead atoms. The molecule has 1 aromatic carbocycles. The summed E-state index contributed by atoms with van der Waals surface area (Å²) in [5.74, 6) is 0. The van der Waals surface area contributed by atoms with Crippen molar-refractivity contribution in [2.75, 3.05) is 38.1 Å². The van der Waals surface area contributed by atoms with E-state index in [4.69, 9.17) is 17.0 Å². The molecular weight excluding hydrogens is 370 g/mol. The lowest BCUT2D eigenvalue weighted by molar-refractivity contribution is 0.0693. The number of hydrogen-bond donors (Lipinski definition) is 1. The van der Waals surface area contributed by atoms with E-state index in [1.165, 1.54) is 16.9 Å². The van der Waals surface area contributed by atoms with E-state index in [2.05, 4.69) is 34.4 Å². The predicted molar refractivity (Wildman–Crippen MR) is 106 cm³/mol. The highest BCUT2D eigenvalue weighted by molar-refractivity contribution is 7.73. The fraction of sp³-hybridized carbons (Fsp3) is 0.471. The largest absolute Gasteiger partial charge is 0.450 e. The summed E-state index contributed by atoms with van der Waals surface area (Å²) in [7, 11) is 0. The standard InChI is InChI=1S/C17H23N5O2S2/c1-3-24-16(23)21-10-8-20(9-11-21)12-22-17(25)26-15(19-22)18-14-6-4-13(2)5-7-14/h4-7H,3,8-12H2,1-2H3,(H,18,19). The first kappa shape index (κ1) is 18.8. The third-order valence-corrected chi connectivity index (χ3v) is 5.36. The van der Waals surface area contributed by atoms with Crippen LogP contribution in [0.4, 0.5) is 15.6 Å². The van der Waals surface area contributed by atoms with E-state index in [1.807, 2.05) is 23.7 Å². The second-order valence-electron chi connectivity index (χ2n) is 6.11. The Bertz CT molecular complexity index is 794. The lowest BCUT2D eigenvalue weighted by atomic mass is 10.2. The molecule has 1 saturated heterocycles. The summed E-state index contributed by atoms with van der Waals surface area (Å²) in [5, 5.41) is 8.66. The third kappa shape index (κ3) is 4.80. The molecule has 0 unspecified atom stereocenters. The van der Waals surface area contributed by atoms with Gasteiger partial charge in [0.1, 0.15) is 0 Å². The van der Waals surface area contributed by atoms with Crippen molar-refractivity contribution < 1.29 is 9.53 Å². The van der Waals surface area contributed by atoms with Crippen LogP contribution in [0, 0.1) is 10.9 Å². The molecule has 0 spiro atoms. The first-order chi connectivity index (χ1) is 12.5. The number of carbonyl (C=O) groups is 1. The lowest BCUT2D eigenvalue weighted by Crippen LogP contribution is -2.49. The van der Waals surface area contributed by atoms with E-state index in [1.54, 1.807) is 4.90 Å². The Labute approximate surface area is 162 Å². The van der Waals surface area contributed by atoms with Gasteiger partial charge >= 0.3 is 6.09 Å². The molecule has 7 nitrogen and oxygen atoms in total. The van der Waals surface area contributed by atoms with E-state index >= 15 is 0 Å². The summed E-state index contributed by atoms with van der Waals surface area (Å²) in [6, 6.07) is 8.17. The minimum atomic E-state index is -0.234.